The van der Waals surface area contributed by atoms with Crippen molar-refractivity contribution in [1.29, 1.82) is 10.7 Å². The van der Waals surface area contributed by atoms with E-state index in [-0.39, 0.29) is 23.5 Å². The number of H-pyrrole nitrogens is 1. The maximum Gasteiger partial charge on any atom is 0.416 e. The molecule has 2 aliphatic rings. The molecule has 1 aliphatic heterocycles. The van der Waals surface area contributed by atoms with E-state index in [2.05, 4.69) is 21.7 Å². The third-order valence-corrected chi connectivity index (χ3v) is 6.29. The van der Waals surface area contributed by atoms with E-state index >= 15 is 0 Å². The molecule has 1 aliphatic carbocycles. The second-order valence-electron chi connectivity index (χ2n) is 8.52. The van der Waals surface area contributed by atoms with Gasteiger partial charge in [0.15, 0.2) is 5.79 Å². The predicted molar refractivity (Wildman–Crippen MR) is 119 cm³/mol. The van der Waals surface area contributed by atoms with Crippen LogP contribution in [0.15, 0.2) is 41.3 Å². The summed E-state index contributed by atoms with van der Waals surface area (Å²) in [5.74, 6) is -0.917. The molecule has 4 rings (SSSR count). The Labute approximate surface area is 193 Å². The third kappa shape index (κ3) is 4.93. The molecule has 0 atom stereocenters. The van der Waals surface area contributed by atoms with Gasteiger partial charge in [0.05, 0.1) is 42.5 Å². The number of rotatable bonds is 5. The summed E-state index contributed by atoms with van der Waals surface area (Å²) in [6.45, 7) is 1.06. The zero-order chi connectivity index (χ0) is 24.4. The van der Waals surface area contributed by atoms with Gasteiger partial charge in [-0.15, -0.1) is 0 Å². The highest BCUT2D eigenvalue weighted by Crippen LogP contribution is 2.43. The molecule has 11 heteroatoms. The molecule has 2 aromatic rings. The molecule has 0 radical (unpaired) electrons. The molecule has 0 bridgehead atoms. The number of anilines is 2. The normalized spacial score (nSPS) is 18.9. The van der Waals surface area contributed by atoms with E-state index in [1.807, 2.05) is 0 Å². The maximum atomic E-state index is 12.8. The van der Waals surface area contributed by atoms with Crippen LogP contribution < -0.4 is 16.2 Å². The number of amidine groups is 1. The summed E-state index contributed by atoms with van der Waals surface area (Å²) in [5.41, 5.74) is -1.42. The molecule has 0 unspecified atom stereocenters. The van der Waals surface area contributed by atoms with Crippen molar-refractivity contribution in [2.24, 2.45) is 0 Å². The zero-order valence-corrected chi connectivity index (χ0v) is 18.2. The average molecular weight is 475 g/mol. The van der Waals surface area contributed by atoms with Crippen LogP contribution in [0.5, 0.6) is 0 Å². The van der Waals surface area contributed by atoms with Gasteiger partial charge in [-0.3, -0.25) is 10.2 Å². The summed E-state index contributed by atoms with van der Waals surface area (Å²) in [7, 11) is 0. The van der Waals surface area contributed by atoms with E-state index in [9.17, 15) is 23.2 Å². The number of nitriles is 1. The van der Waals surface area contributed by atoms with Crippen LogP contribution in [-0.4, -0.2) is 35.4 Å². The largest absolute Gasteiger partial charge is 0.416 e. The van der Waals surface area contributed by atoms with E-state index in [1.54, 1.807) is 6.07 Å². The lowest BCUT2D eigenvalue weighted by molar-refractivity contribution is -0.182. The van der Waals surface area contributed by atoms with Gasteiger partial charge in [-0.25, -0.2) is 0 Å². The van der Waals surface area contributed by atoms with Crippen LogP contribution >= 0.6 is 0 Å². The molecule has 180 valence electrons. The first-order chi connectivity index (χ1) is 16.2. The fourth-order valence-electron chi connectivity index (χ4n) is 4.46. The minimum absolute atomic E-state index is 0.00614. The molecule has 1 saturated heterocycles. The van der Waals surface area contributed by atoms with Crippen LogP contribution in [0.25, 0.3) is 0 Å². The molecular formula is C23H24F3N5O3. The number of hydrogen-bond donors (Lipinski definition) is 4. The molecular weight excluding hydrogens is 451 g/mol. The zero-order valence-electron chi connectivity index (χ0n) is 18.2. The van der Waals surface area contributed by atoms with Gasteiger partial charge in [0, 0.05) is 24.7 Å². The van der Waals surface area contributed by atoms with Crippen LogP contribution in [-0.2, 0) is 15.7 Å². The predicted octanol–water partition coefficient (Wildman–Crippen LogP) is 4.21. The van der Waals surface area contributed by atoms with Crippen molar-refractivity contribution >= 4 is 17.2 Å². The molecule has 8 nitrogen and oxygen atoms in total. The minimum Gasteiger partial charge on any atom is -0.378 e. The second-order valence-corrected chi connectivity index (χ2v) is 8.52. The van der Waals surface area contributed by atoms with Crippen LogP contribution in [0.3, 0.4) is 0 Å². The SMILES string of the molecule is N#CCC1(Nc2cc[nH]c(=O)c2C(=N)Nc2ccc(C(F)(F)F)cc2)CCC2(CC1)OCCO2. The summed E-state index contributed by atoms with van der Waals surface area (Å²) >= 11 is 0. The molecule has 2 fully saturated rings. The quantitative estimate of drug-likeness (QED) is 0.380. The number of benzene rings is 1. The van der Waals surface area contributed by atoms with Crippen molar-refractivity contribution < 1.29 is 22.6 Å². The Morgan fingerprint density at radius 2 is 1.76 bits per heavy atom. The monoisotopic (exact) mass is 475 g/mol. The summed E-state index contributed by atoms with van der Waals surface area (Å²) in [6.07, 6.45) is -0.564. The Balaban J connectivity index is 1.55. The minimum atomic E-state index is -4.47. The number of pyridine rings is 1. The first-order valence-corrected chi connectivity index (χ1v) is 10.8. The number of ether oxygens (including phenoxy) is 2. The number of nitrogens with one attached hydrogen (secondary N) is 4. The first-order valence-electron chi connectivity index (χ1n) is 10.8. The summed E-state index contributed by atoms with van der Waals surface area (Å²) in [6, 6.07) is 8.00. The van der Waals surface area contributed by atoms with Crippen molar-refractivity contribution in [3.63, 3.8) is 0 Å². The highest BCUT2D eigenvalue weighted by atomic mass is 19.4. The van der Waals surface area contributed by atoms with E-state index in [4.69, 9.17) is 14.9 Å². The Kier molecular flexibility index (Phi) is 6.38. The van der Waals surface area contributed by atoms with Gasteiger partial charge in [-0.2, -0.15) is 18.4 Å². The molecule has 1 saturated carbocycles. The maximum absolute atomic E-state index is 12.8. The molecule has 34 heavy (non-hydrogen) atoms. The lowest BCUT2D eigenvalue weighted by Gasteiger charge is -2.43. The van der Waals surface area contributed by atoms with Gasteiger partial charge in [-0.05, 0) is 43.2 Å². The summed E-state index contributed by atoms with van der Waals surface area (Å²) in [5, 5.41) is 23.9. The summed E-state index contributed by atoms with van der Waals surface area (Å²) < 4.78 is 50.0. The van der Waals surface area contributed by atoms with Crippen molar-refractivity contribution in [2.75, 3.05) is 23.8 Å². The van der Waals surface area contributed by atoms with Gasteiger partial charge < -0.3 is 25.1 Å². The van der Waals surface area contributed by atoms with Crippen molar-refractivity contribution in [3.05, 3.63) is 58.0 Å². The number of halogens is 3. The van der Waals surface area contributed by atoms with Crippen LogP contribution in [0, 0.1) is 16.7 Å². The van der Waals surface area contributed by atoms with Gasteiger partial charge in [0.25, 0.3) is 5.56 Å². The molecule has 1 spiro atoms. The number of hydrogen-bond acceptors (Lipinski definition) is 6. The molecule has 2 heterocycles. The fourth-order valence-corrected chi connectivity index (χ4v) is 4.46. The van der Waals surface area contributed by atoms with Crippen molar-refractivity contribution in [3.8, 4) is 6.07 Å². The molecule has 1 aromatic carbocycles. The van der Waals surface area contributed by atoms with Crippen molar-refractivity contribution in [2.45, 2.75) is 49.6 Å². The van der Waals surface area contributed by atoms with Crippen molar-refractivity contribution in [1.82, 2.24) is 4.98 Å². The van der Waals surface area contributed by atoms with Crippen LogP contribution in [0.1, 0.15) is 43.2 Å². The Morgan fingerprint density at radius 3 is 2.35 bits per heavy atom. The molecule has 4 N–H and O–H groups in total. The molecule has 1 aromatic heterocycles. The Morgan fingerprint density at radius 1 is 1.12 bits per heavy atom. The Bertz CT molecular complexity index is 1140. The smallest absolute Gasteiger partial charge is 0.378 e. The van der Waals surface area contributed by atoms with Crippen LogP contribution in [0.4, 0.5) is 24.5 Å². The average Bonchev–Trinajstić information content (AvgIpc) is 3.24. The summed E-state index contributed by atoms with van der Waals surface area (Å²) in [4.78, 5) is 15.2. The topological polar surface area (TPSA) is 123 Å². The number of aromatic nitrogens is 1. The Hall–Kier alpha value is -3.36. The molecule has 0 amide bonds. The standard InChI is InChI=1S/C23H24F3N5O3/c24-23(25,26)15-1-3-16(4-2-15)30-19(28)18-17(5-12-29-20(18)32)31-21(10-11-27)6-8-22(9-7-21)33-13-14-34-22/h1-5,12H,6-10,13-14H2,(H2,28,30)(H2,29,31,32). The highest BCUT2D eigenvalue weighted by molar-refractivity contribution is 6.09. The van der Waals surface area contributed by atoms with Gasteiger partial charge in [0.2, 0.25) is 0 Å². The van der Waals surface area contributed by atoms with Crippen LogP contribution in [0.2, 0.25) is 0 Å². The lowest BCUT2D eigenvalue weighted by Crippen LogP contribution is -2.48. The lowest BCUT2D eigenvalue weighted by atomic mass is 9.76. The van der Waals surface area contributed by atoms with Gasteiger partial charge in [0.1, 0.15) is 11.4 Å². The fraction of sp³-hybridized carbons (Fsp3) is 0.435. The van der Waals surface area contributed by atoms with E-state index in [1.165, 1.54) is 18.3 Å². The number of alkyl halides is 3. The van der Waals surface area contributed by atoms with E-state index < -0.39 is 28.6 Å². The second kappa shape index (κ2) is 9.12. The van der Waals surface area contributed by atoms with Gasteiger partial charge in [-0.1, -0.05) is 0 Å². The first kappa shape index (κ1) is 23.8. The van der Waals surface area contributed by atoms with E-state index in [0.717, 1.165) is 12.1 Å². The highest BCUT2D eigenvalue weighted by Gasteiger charge is 2.46. The number of nitrogens with zero attached hydrogens (tertiary/aromatic N) is 1. The van der Waals surface area contributed by atoms with E-state index in [0.29, 0.717) is 44.6 Å². The van der Waals surface area contributed by atoms with Gasteiger partial charge >= 0.3 is 6.18 Å². The third-order valence-electron chi connectivity index (χ3n) is 6.29. The number of aromatic amines is 1.